The van der Waals surface area contributed by atoms with E-state index in [-0.39, 0.29) is 42.2 Å². The number of amides is 1. The van der Waals surface area contributed by atoms with E-state index in [1.807, 2.05) is 18.9 Å². The Bertz CT molecular complexity index is 1520. The number of halogens is 2. The van der Waals surface area contributed by atoms with Crippen molar-refractivity contribution in [1.82, 2.24) is 14.9 Å². The van der Waals surface area contributed by atoms with Crippen molar-refractivity contribution < 1.29 is 28.2 Å². The lowest BCUT2D eigenvalue weighted by atomic mass is 9.95. The Morgan fingerprint density at radius 1 is 1.26 bits per heavy atom. The summed E-state index contributed by atoms with van der Waals surface area (Å²) in [7, 11) is 3.49. The zero-order chi connectivity index (χ0) is 29.6. The predicted molar refractivity (Wildman–Crippen MR) is 156 cm³/mol. The molecular formula is C31H37F2N5O4. The summed E-state index contributed by atoms with van der Waals surface area (Å²) in [5, 5.41) is 11.8. The van der Waals surface area contributed by atoms with E-state index >= 15 is 0 Å². The molecule has 3 aromatic rings. The van der Waals surface area contributed by atoms with Gasteiger partial charge >= 0.3 is 6.01 Å². The number of aryl methyl sites for hydroxylation is 1. The maximum absolute atomic E-state index is 14.9. The van der Waals surface area contributed by atoms with Crippen LogP contribution in [0.15, 0.2) is 24.3 Å². The molecule has 2 aromatic carbocycles. The number of aromatic nitrogens is 2. The van der Waals surface area contributed by atoms with Crippen molar-refractivity contribution >= 4 is 28.2 Å². The summed E-state index contributed by atoms with van der Waals surface area (Å²) in [6.45, 7) is 4.63. The van der Waals surface area contributed by atoms with Gasteiger partial charge in [-0.2, -0.15) is 9.97 Å². The third-order valence-corrected chi connectivity index (χ3v) is 8.92. The molecular weight excluding hydrogens is 544 g/mol. The second kappa shape index (κ2) is 11.3. The summed E-state index contributed by atoms with van der Waals surface area (Å²) >= 11 is 0. The highest BCUT2D eigenvalue weighted by molar-refractivity contribution is 6.16. The monoisotopic (exact) mass is 581 g/mol. The number of ether oxygens (including phenoxy) is 2. The molecule has 6 rings (SSSR count). The highest BCUT2D eigenvalue weighted by Crippen LogP contribution is 2.42. The maximum Gasteiger partial charge on any atom is 0.318 e. The third-order valence-electron chi connectivity index (χ3n) is 8.92. The van der Waals surface area contributed by atoms with Crippen molar-refractivity contribution in [3.05, 3.63) is 46.9 Å². The normalized spacial score (nSPS) is 21.8. The number of carbonyl (C=O) groups is 1. The molecule has 2 unspecified atom stereocenters. The maximum atomic E-state index is 14.9. The second-order valence-electron chi connectivity index (χ2n) is 11.6. The Balaban J connectivity index is 1.38. The van der Waals surface area contributed by atoms with Crippen LogP contribution in [0.4, 0.5) is 20.3 Å². The fourth-order valence-electron chi connectivity index (χ4n) is 6.93. The lowest BCUT2D eigenvalue weighted by Crippen LogP contribution is -2.43. The van der Waals surface area contributed by atoms with E-state index in [9.17, 15) is 18.7 Å². The second-order valence-corrected chi connectivity index (χ2v) is 11.6. The summed E-state index contributed by atoms with van der Waals surface area (Å²) < 4.78 is 40.7. The number of alkyl halides is 1. The lowest BCUT2D eigenvalue weighted by Gasteiger charge is -2.31. The van der Waals surface area contributed by atoms with E-state index in [0.29, 0.717) is 78.1 Å². The third kappa shape index (κ3) is 4.92. The molecule has 4 heterocycles. The van der Waals surface area contributed by atoms with Gasteiger partial charge in [0.15, 0.2) is 0 Å². The molecule has 42 heavy (non-hydrogen) atoms. The van der Waals surface area contributed by atoms with Crippen LogP contribution in [0, 0.1) is 5.82 Å². The molecule has 2 fully saturated rings. The summed E-state index contributed by atoms with van der Waals surface area (Å²) in [6.07, 6.45) is 2.53. The highest BCUT2D eigenvalue weighted by Gasteiger charge is 2.49. The van der Waals surface area contributed by atoms with E-state index in [4.69, 9.17) is 14.5 Å². The molecule has 0 spiro atoms. The number of carbonyl (C=O) groups excluding carboxylic acids is 1. The van der Waals surface area contributed by atoms with Gasteiger partial charge < -0.3 is 24.4 Å². The zero-order valence-electron chi connectivity index (χ0n) is 24.3. The molecule has 3 aliphatic rings. The summed E-state index contributed by atoms with van der Waals surface area (Å²) in [5.41, 5.74) is 1.36. The van der Waals surface area contributed by atoms with Crippen LogP contribution in [0.1, 0.15) is 54.2 Å². The first-order valence-corrected chi connectivity index (χ1v) is 14.6. The molecule has 3 aliphatic heterocycles. The van der Waals surface area contributed by atoms with Crippen LogP contribution in [-0.4, -0.2) is 84.6 Å². The number of hydrogen-bond acceptors (Lipinski definition) is 8. The zero-order valence-corrected chi connectivity index (χ0v) is 24.3. The van der Waals surface area contributed by atoms with E-state index in [1.165, 1.54) is 17.0 Å². The molecule has 0 radical (unpaired) electrons. The Labute approximate surface area is 244 Å². The molecule has 2 saturated heterocycles. The summed E-state index contributed by atoms with van der Waals surface area (Å²) in [4.78, 5) is 29.1. The Morgan fingerprint density at radius 3 is 2.88 bits per heavy atom. The van der Waals surface area contributed by atoms with Crippen LogP contribution in [0.5, 0.6) is 11.8 Å². The number of benzene rings is 2. The standard InChI is InChI=1S/C31H37F2N5O4/c1-4-22-23(33)8-7-19-13-21(39)14-25(26(19)22)38-17-24-27(29(38)40)28(36(2)10-6-12-41-3)35-30(34-24)42-18-31-9-5-11-37(31)16-20(32)15-31/h7-8,13-14,20,39H,4-6,9-12,15-18H2,1-3H3. The van der Waals surface area contributed by atoms with Gasteiger partial charge in [0.2, 0.25) is 0 Å². The summed E-state index contributed by atoms with van der Waals surface area (Å²) in [5.74, 6) is -0.288. The average Bonchev–Trinajstić information content (AvgIpc) is 3.60. The number of methoxy groups -OCH3 is 1. The van der Waals surface area contributed by atoms with Crippen LogP contribution < -0.4 is 14.5 Å². The first-order valence-electron chi connectivity index (χ1n) is 14.6. The van der Waals surface area contributed by atoms with Gasteiger partial charge in [0.25, 0.3) is 5.91 Å². The van der Waals surface area contributed by atoms with E-state index in [2.05, 4.69) is 9.88 Å². The van der Waals surface area contributed by atoms with Gasteiger partial charge in [0.05, 0.1) is 23.5 Å². The van der Waals surface area contributed by atoms with Crippen molar-refractivity contribution in [2.24, 2.45) is 0 Å². The quantitative estimate of drug-likeness (QED) is 0.347. The first kappa shape index (κ1) is 28.5. The number of rotatable bonds is 10. The molecule has 0 bridgehead atoms. The number of phenolic OH excluding ortho intramolecular Hbond substituents is 1. The molecule has 11 heteroatoms. The smallest absolute Gasteiger partial charge is 0.318 e. The van der Waals surface area contributed by atoms with Gasteiger partial charge in [0, 0.05) is 51.7 Å². The van der Waals surface area contributed by atoms with Crippen molar-refractivity contribution in [2.75, 3.05) is 56.8 Å². The number of nitrogens with zero attached hydrogens (tertiary/aromatic N) is 5. The Kier molecular flexibility index (Phi) is 7.65. The molecule has 224 valence electrons. The molecule has 0 saturated carbocycles. The minimum absolute atomic E-state index is 0.0231. The number of anilines is 2. The SMILES string of the molecule is CCc1c(F)ccc2cc(O)cc(N3Cc4nc(OCC56CCCN5CC(F)C6)nc(N(C)CCCOC)c4C3=O)c12. The van der Waals surface area contributed by atoms with Gasteiger partial charge in [-0.3, -0.25) is 9.69 Å². The van der Waals surface area contributed by atoms with Crippen molar-refractivity contribution in [3.63, 3.8) is 0 Å². The lowest BCUT2D eigenvalue weighted by molar-refractivity contribution is 0.0996. The van der Waals surface area contributed by atoms with E-state index in [1.54, 1.807) is 19.2 Å². The van der Waals surface area contributed by atoms with Crippen molar-refractivity contribution in [2.45, 2.75) is 57.3 Å². The number of fused-ring (bicyclic) bond motifs is 3. The van der Waals surface area contributed by atoms with Gasteiger partial charge in [-0.05, 0) is 55.3 Å². The molecule has 1 amide bonds. The van der Waals surface area contributed by atoms with Gasteiger partial charge in [-0.1, -0.05) is 13.0 Å². The summed E-state index contributed by atoms with van der Waals surface area (Å²) in [6, 6.07) is 6.20. The fourth-order valence-corrected chi connectivity index (χ4v) is 6.93. The van der Waals surface area contributed by atoms with E-state index < -0.39 is 6.17 Å². The topological polar surface area (TPSA) is 91.3 Å². The Hall–Kier alpha value is -3.57. The largest absolute Gasteiger partial charge is 0.508 e. The Morgan fingerprint density at radius 2 is 2.10 bits per heavy atom. The van der Waals surface area contributed by atoms with Crippen LogP contribution in [0.25, 0.3) is 10.8 Å². The van der Waals surface area contributed by atoms with E-state index in [0.717, 1.165) is 19.4 Å². The molecule has 9 nitrogen and oxygen atoms in total. The number of aromatic hydroxyl groups is 1. The van der Waals surface area contributed by atoms with Crippen LogP contribution in [0.3, 0.4) is 0 Å². The minimum atomic E-state index is -0.876. The molecule has 1 N–H and O–H groups in total. The number of phenols is 1. The number of hydrogen-bond donors (Lipinski definition) is 1. The molecule has 0 aliphatic carbocycles. The van der Waals surface area contributed by atoms with Crippen LogP contribution in [-0.2, 0) is 17.7 Å². The van der Waals surface area contributed by atoms with Gasteiger partial charge in [0.1, 0.15) is 35.7 Å². The predicted octanol–water partition coefficient (Wildman–Crippen LogP) is 4.63. The van der Waals surface area contributed by atoms with Crippen molar-refractivity contribution in [3.8, 4) is 11.8 Å². The molecule has 2 atom stereocenters. The van der Waals surface area contributed by atoms with Gasteiger partial charge in [-0.25, -0.2) is 8.78 Å². The average molecular weight is 582 g/mol. The van der Waals surface area contributed by atoms with Crippen LogP contribution in [0.2, 0.25) is 0 Å². The van der Waals surface area contributed by atoms with Gasteiger partial charge in [-0.15, -0.1) is 0 Å². The molecule has 1 aromatic heterocycles. The first-order chi connectivity index (χ1) is 20.2. The fraction of sp³-hybridized carbons (Fsp3) is 0.516. The van der Waals surface area contributed by atoms with Crippen LogP contribution >= 0.6 is 0 Å². The highest BCUT2D eigenvalue weighted by atomic mass is 19.1. The minimum Gasteiger partial charge on any atom is -0.508 e. The van der Waals surface area contributed by atoms with Crippen molar-refractivity contribution in [1.29, 1.82) is 0 Å².